The van der Waals surface area contributed by atoms with Crippen LogP contribution in [0.25, 0.3) is 4.96 Å². The van der Waals surface area contributed by atoms with Crippen molar-refractivity contribution in [3.63, 3.8) is 0 Å². The Morgan fingerprint density at radius 2 is 2.14 bits per heavy atom. The SMILES string of the molecule is Cc1nc2sccn2c1C(=O)Nc1cccc(C(F)(F)F)c1. The number of alkyl halides is 3. The fraction of sp³-hybridized carbons (Fsp3) is 0.143. The van der Waals surface area contributed by atoms with Crippen molar-refractivity contribution in [3.8, 4) is 0 Å². The molecule has 3 aromatic rings. The third kappa shape index (κ3) is 2.57. The molecule has 0 radical (unpaired) electrons. The molecule has 0 saturated carbocycles. The van der Waals surface area contributed by atoms with E-state index in [1.165, 1.54) is 23.5 Å². The normalized spacial score (nSPS) is 11.8. The van der Waals surface area contributed by atoms with Gasteiger partial charge in [-0.1, -0.05) is 6.07 Å². The maximum Gasteiger partial charge on any atom is 0.416 e. The van der Waals surface area contributed by atoms with Gasteiger partial charge in [-0.15, -0.1) is 11.3 Å². The zero-order chi connectivity index (χ0) is 15.9. The van der Waals surface area contributed by atoms with Crippen molar-refractivity contribution < 1.29 is 18.0 Å². The molecule has 0 spiro atoms. The minimum atomic E-state index is -4.45. The number of aromatic nitrogens is 2. The fourth-order valence-electron chi connectivity index (χ4n) is 2.13. The van der Waals surface area contributed by atoms with Gasteiger partial charge in [0.05, 0.1) is 11.3 Å². The number of imidazole rings is 1. The number of carbonyl (C=O) groups is 1. The van der Waals surface area contributed by atoms with Crippen LogP contribution in [0.2, 0.25) is 0 Å². The smallest absolute Gasteiger partial charge is 0.321 e. The Balaban J connectivity index is 1.92. The van der Waals surface area contributed by atoms with Gasteiger partial charge in [-0.05, 0) is 25.1 Å². The van der Waals surface area contributed by atoms with E-state index in [0.29, 0.717) is 16.3 Å². The minimum Gasteiger partial charge on any atom is -0.321 e. The van der Waals surface area contributed by atoms with Crippen molar-refractivity contribution in [2.75, 3.05) is 5.32 Å². The molecular weight excluding hydrogens is 315 g/mol. The van der Waals surface area contributed by atoms with Crippen LogP contribution in [0.15, 0.2) is 35.8 Å². The van der Waals surface area contributed by atoms with Gasteiger partial charge in [0.1, 0.15) is 5.69 Å². The van der Waals surface area contributed by atoms with E-state index >= 15 is 0 Å². The van der Waals surface area contributed by atoms with Gasteiger partial charge >= 0.3 is 6.18 Å². The Morgan fingerprint density at radius 3 is 2.86 bits per heavy atom. The number of anilines is 1. The molecule has 0 unspecified atom stereocenters. The number of aryl methyl sites for hydroxylation is 1. The number of hydrogen-bond acceptors (Lipinski definition) is 3. The lowest BCUT2D eigenvalue weighted by atomic mass is 10.2. The zero-order valence-corrected chi connectivity index (χ0v) is 12.1. The standard InChI is InChI=1S/C14H10F3N3OS/c1-8-11(20-5-6-22-13(20)18-8)12(21)19-10-4-2-3-9(7-10)14(15,16)17/h2-7H,1H3,(H,19,21). The van der Waals surface area contributed by atoms with Crippen molar-refractivity contribution >= 4 is 27.9 Å². The monoisotopic (exact) mass is 325 g/mol. The molecule has 2 heterocycles. The highest BCUT2D eigenvalue weighted by atomic mass is 32.1. The highest BCUT2D eigenvalue weighted by Gasteiger charge is 2.30. The van der Waals surface area contributed by atoms with Crippen molar-refractivity contribution in [3.05, 3.63) is 52.8 Å². The van der Waals surface area contributed by atoms with Gasteiger partial charge in [-0.3, -0.25) is 9.20 Å². The summed E-state index contributed by atoms with van der Waals surface area (Å²) in [5, 5.41) is 4.27. The molecule has 3 rings (SSSR count). The van der Waals surface area contributed by atoms with E-state index in [0.717, 1.165) is 12.1 Å². The maximum atomic E-state index is 12.7. The molecule has 0 atom stereocenters. The molecule has 0 fully saturated rings. The van der Waals surface area contributed by atoms with E-state index in [1.54, 1.807) is 22.9 Å². The lowest BCUT2D eigenvalue weighted by Crippen LogP contribution is -2.16. The van der Waals surface area contributed by atoms with Crippen LogP contribution in [-0.4, -0.2) is 15.3 Å². The van der Waals surface area contributed by atoms with Crippen LogP contribution >= 0.6 is 11.3 Å². The Labute approximate surface area is 127 Å². The number of fused-ring (bicyclic) bond motifs is 1. The summed E-state index contributed by atoms with van der Waals surface area (Å²) in [4.78, 5) is 17.2. The van der Waals surface area contributed by atoms with Crippen LogP contribution in [0.1, 0.15) is 21.7 Å². The van der Waals surface area contributed by atoms with Crippen LogP contribution in [0.3, 0.4) is 0 Å². The van der Waals surface area contributed by atoms with Crippen LogP contribution < -0.4 is 5.32 Å². The van der Waals surface area contributed by atoms with E-state index < -0.39 is 17.6 Å². The van der Waals surface area contributed by atoms with Crippen LogP contribution in [0.5, 0.6) is 0 Å². The number of nitrogens with zero attached hydrogens (tertiary/aromatic N) is 2. The van der Waals surface area contributed by atoms with E-state index in [2.05, 4.69) is 10.3 Å². The van der Waals surface area contributed by atoms with Gasteiger partial charge in [-0.2, -0.15) is 13.2 Å². The number of hydrogen-bond donors (Lipinski definition) is 1. The fourth-order valence-corrected chi connectivity index (χ4v) is 2.89. The number of halogens is 3. The van der Waals surface area contributed by atoms with E-state index in [-0.39, 0.29) is 5.69 Å². The predicted octanol–water partition coefficient (Wildman–Crippen LogP) is 3.98. The molecule has 0 bridgehead atoms. The Kier molecular flexibility index (Phi) is 3.40. The van der Waals surface area contributed by atoms with Crippen molar-refractivity contribution in [1.82, 2.24) is 9.38 Å². The molecule has 114 valence electrons. The van der Waals surface area contributed by atoms with Crippen LogP contribution in [0.4, 0.5) is 18.9 Å². The molecule has 1 amide bonds. The molecule has 4 nitrogen and oxygen atoms in total. The second-order valence-corrected chi connectivity index (χ2v) is 5.51. The van der Waals surface area contributed by atoms with Crippen molar-refractivity contribution in [1.29, 1.82) is 0 Å². The minimum absolute atomic E-state index is 0.0874. The summed E-state index contributed by atoms with van der Waals surface area (Å²) in [7, 11) is 0. The van der Waals surface area contributed by atoms with Gasteiger partial charge in [-0.25, -0.2) is 4.98 Å². The predicted molar refractivity (Wildman–Crippen MR) is 77.2 cm³/mol. The lowest BCUT2D eigenvalue weighted by molar-refractivity contribution is -0.137. The number of benzene rings is 1. The first-order valence-corrected chi connectivity index (χ1v) is 7.15. The number of rotatable bonds is 2. The maximum absolute atomic E-state index is 12.7. The third-order valence-electron chi connectivity index (χ3n) is 3.10. The topological polar surface area (TPSA) is 46.4 Å². The first kappa shape index (κ1) is 14.6. The second kappa shape index (κ2) is 5.13. The highest BCUT2D eigenvalue weighted by Crippen LogP contribution is 2.30. The van der Waals surface area contributed by atoms with Crippen LogP contribution in [0, 0.1) is 6.92 Å². The molecule has 0 aliphatic carbocycles. The number of amides is 1. The molecule has 0 aliphatic rings. The summed E-state index contributed by atoms with van der Waals surface area (Å²) in [6.07, 6.45) is -2.76. The quantitative estimate of drug-likeness (QED) is 0.775. The van der Waals surface area contributed by atoms with E-state index in [1.807, 2.05) is 0 Å². The lowest BCUT2D eigenvalue weighted by Gasteiger charge is -2.10. The first-order chi connectivity index (χ1) is 10.4. The van der Waals surface area contributed by atoms with E-state index in [4.69, 9.17) is 0 Å². The molecule has 2 aromatic heterocycles. The molecule has 0 saturated heterocycles. The molecule has 1 aromatic carbocycles. The highest BCUT2D eigenvalue weighted by molar-refractivity contribution is 7.15. The number of nitrogens with one attached hydrogen (secondary N) is 1. The van der Waals surface area contributed by atoms with Crippen molar-refractivity contribution in [2.45, 2.75) is 13.1 Å². The summed E-state index contributed by atoms with van der Waals surface area (Å²) >= 11 is 1.37. The van der Waals surface area contributed by atoms with Gasteiger partial charge in [0.2, 0.25) is 0 Å². The average Bonchev–Trinajstić information content (AvgIpc) is 2.97. The van der Waals surface area contributed by atoms with Gasteiger partial charge in [0, 0.05) is 17.3 Å². The molecule has 8 heteroatoms. The number of thiazole rings is 1. The van der Waals surface area contributed by atoms with Crippen molar-refractivity contribution in [2.24, 2.45) is 0 Å². The summed E-state index contributed by atoms with van der Waals surface area (Å²) in [5.41, 5.74) is 0.116. The molecule has 1 N–H and O–H groups in total. The first-order valence-electron chi connectivity index (χ1n) is 6.27. The van der Waals surface area contributed by atoms with Crippen LogP contribution in [-0.2, 0) is 6.18 Å². The Morgan fingerprint density at radius 1 is 1.36 bits per heavy atom. The molecular formula is C14H10F3N3OS. The second-order valence-electron chi connectivity index (χ2n) is 4.63. The average molecular weight is 325 g/mol. The van der Waals surface area contributed by atoms with Gasteiger partial charge < -0.3 is 5.32 Å². The summed E-state index contributed by atoms with van der Waals surface area (Å²) in [5.74, 6) is -0.497. The Hall–Kier alpha value is -2.35. The number of carbonyl (C=O) groups excluding carboxylic acids is 1. The van der Waals surface area contributed by atoms with Gasteiger partial charge in [0.15, 0.2) is 4.96 Å². The summed E-state index contributed by atoms with van der Waals surface area (Å²) in [6.45, 7) is 1.68. The van der Waals surface area contributed by atoms with E-state index in [9.17, 15) is 18.0 Å². The summed E-state index contributed by atoms with van der Waals surface area (Å²) in [6, 6.07) is 4.52. The third-order valence-corrected chi connectivity index (χ3v) is 3.86. The Bertz CT molecular complexity index is 851. The zero-order valence-electron chi connectivity index (χ0n) is 11.3. The molecule has 0 aliphatic heterocycles. The summed E-state index contributed by atoms with van der Waals surface area (Å²) < 4.78 is 39.7. The largest absolute Gasteiger partial charge is 0.416 e. The van der Waals surface area contributed by atoms with Gasteiger partial charge in [0.25, 0.3) is 5.91 Å². The molecule has 22 heavy (non-hydrogen) atoms.